The van der Waals surface area contributed by atoms with Gasteiger partial charge in [0.05, 0.1) is 12.9 Å². The Hall–Kier alpha value is -0.841. The molecule has 6 atom stereocenters. The van der Waals surface area contributed by atoms with Crippen molar-refractivity contribution in [1.82, 2.24) is 19.5 Å². The van der Waals surface area contributed by atoms with Crippen LogP contribution in [-0.2, 0) is 48.6 Å². The minimum absolute atomic E-state index is 0. The molecule has 0 bridgehead atoms. The third-order valence-corrected chi connectivity index (χ3v) is 7.62. The first-order valence-electron chi connectivity index (χ1n) is 7.92. The number of nitrogens with zero attached hydrogens (tertiary/aromatic N) is 4. The van der Waals surface area contributed by atoms with Crippen LogP contribution in [0.3, 0.4) is 0 Å². The largest absolute Gasteiger partial charge is 0.490 e. The van der Waals surface area contributed by atoms with Gasteiger partial charge in [0.2, 0.25) is 0 Å². The van der Waals surface area contributed by atoms with Gasteiger partial charge < -0.3 is 40.3 Å². The van der Waals surface area contributed by atoms with Crippen molar-refractivity contribution < 1.29 is 78.4 Å². The molecule has 3 rings (SSSR count). The maximum atomic E-state index is 11.8. The van der Waals surface area contributed by atoms with Gasteiger partial charge >= 0.3 is 23.5 Å². The molecule has 1 fully saturated rings. The minimum Gasteiger partial charge on any atom is -0.387 e. The molecule has 0 aromatic carbocycles. The van der Waals surface area contributed by atoms with E-state index in [0.717, 1.165) is 6.33 Å². The van der Waals surface area contributed by atoms with Gasteiger partial charge in [0.25, 0.3) is 0 Å². The Kier molecular flexibility index (Phi) is 8.39. The second-order valence-electron chi connectivity index (χ2n) is 6.02. The van der Waals surface area contributed by atoms with Crippen LogP contribution < -0.4 is 5.73 Å². The third kappa shape index (κ3) is 6.39. The van der Waals surface area contributed by atoms with Gasteiger partial charge in [-0.2, -0.15) is 8.62 Å². The van der Waals surface area contributed by atoms with E-state index in [1.165, 1.54) is 10.9 Å². The Morgan fingerprint density at radius 1 is 1.03 bits per heavy atom. The van der Waals surface area contributed by atoms with Crippen LogP contribution in [0.1, 0.15) is 6.23 Å². The maximum Gasteiger partial charge on any atom is 0.490 e. The second-order valence-corrected chi connectivity index (χ2v) is 10.4. The Labute approximate surface area is 188 Å². The molecule has 1 radical (unpaired) electrons. The number of rotatable bonds is 8. The average Bonchev–Trinajstić information content (AvgIpc) is 3.13. The molecule has 1 saturated heterocycles. The van der Waals surface area contributed by atoms with E-state index >= 15 is 0 Å². The Balaban J connectivity index is 0.00000363. The van der Waals surface area contributed by atoms with Gasteiger partial charge in [-0.05, 0) is 0 Å². The molecule has 1 aliphatic rings. The predicted octanol–water partition coefficient (Wildman–Crippen LogP) is -1.63. The van der Waals surface area contributed by atoms with Crippen molar-refractivity contribution >= 4 is 40.4 Å². The van der Waals surface area contributed by atoms with Gasteiger partial charge in [0.15, 0.2) is 17.7 Å². The zero-order chi connectivity index (χ0) is 23.2. The molecule has 2 aromatic rings. The van der Waals surface area contributed by atoms with E-state index in [4.69, 9.17) is 25.2 Å². The summed E-state index contributed by atoms with van der Waals surface area (Å²) in [4.78, 5) is 47.2. The smallest absolute Gasteiger partial charge is 0.387 e. The number of nitrogens with two attached hydrogens (primary N) is 1. The Morgan fingerprint density at radius 2 is 1.69 bits per heavy atom. The summed E-state index contributed by atoms with van der Waals surface area (Å²) in [6, 6.07) is 0. The van der Waals surface area contributed by atoms with Crippen molar-refractivity contribution in [3.05, 3.63) is 12.7 Å². The SMILES string of the molecule is Nc1ncnc2c1ncn2[C@@H]1O[C@H](COP(=O)(O)OP(=O)(O)OP(=O)(O)O)C(O)C1O.[Cu]. The quantitative estimate of drug-likeness (QED) is 0.138. The molecule has 0 aliphatic carbocycles. The summed E-state index contributed by atoms with van der Waals surface area (Å²) in [6.45, 7) is -0.956. The summed E-state index contributed by atoms with van der Waals surface area (Å²) in [5, 5.41) is 20.4. The number of hydrogen-bond donors (Lipinski definition) is 7. The number of nitrogen functional groups attached to an aromatic ring is 1. The van der Waals surface area contributed by atoms with Crippen molar-refractivity contribution in [1.29, 1.82) is 0 Å². The predicted molar refractivity (Wildman–Crippen MR) is 95.5 cm³/mol. The molecule has 2 aromatic heterocycles. The van der Waals surface area contributed by atoms with Crippen LogP contribution in [0.25, 0.3) is 11.2 Å². The van der Waals surface area contributed by atoms with E-state index in [0.29, 0.717) is 0 Å². The molecule has 32 heavy (non-hydrogen) atoms. The van der Waals surface area contributed by atoms with Crippen LogP contribution in [0.5, 0.6) is 0 Å². The van der Waals surface area contributed by atoms with Crippen molar-refractivity contribution in [2.75, 3.05) is 12.3 Å². The summed E-state index contributed by atoms with van der Waals surface area (Å²) in [6.07, 6.45) is -3.69. The van der Waals surface area contributed by atoms with Crippen LogP contribution in [0.2, 0.25) is 0 Å². The molecule has 18 nitrogen and oxygen atoms in total. The number of aromatic nitrogens is 4. The third-order valence-electron chi connectivity index (χ3n) is 3.82. The van der Waals surface area contributed by atoms with Crippen molar-refractivity contribution in [2.24, 2.45) is 0 Å². The summed E-state index contributed by atoms with van der Waals surface area (Å²) in [5.74, 6) is 0.0426. The molecule has 4 unspecified atom stereocenters. The van der Waals surface area contributed by atoms with E-state index in [2.05, 4.69) is 28.1 Å². The van der Waals surface area contributed by atoms with Gasteiger partial charge in [-0.1, -0.05) is 0 Å². The summed E-state index contributed by atoms with van der Waals surface area (Å²) in [5.41, 5.74) is 6.00. The number of phosphoric ester groups is 1. The first-order valence-corrected chi connectivity index (χ1v) is 12.4. The molecule has 0 saturated carbocycles. The normalized spacial score (nSPS) is 27.6. The fraction of sp³-hybridized carbons (Fsp3) is 0.500. The van der Waals surface area contributed by atoms with E-state index in [1.807, 2.05) is 0 Å². The first-order chi connectivity index (χ1) is 14.2. The van der Waals surface area contributed by atoms with Gasteiger partial charge in [0.1, 0.15) is 30.2 Å². The molecule has 0 spiro atoms. The first kappa shape index (κ1) is 27.4. The van der Waals surface area contributed by atoms with Gasteiger partial charge in [-0.3, -0.25) is 9.09 Å². The van der Waals surface area contributed by atoms with E-state index < -0.39 is 54.6 Å². The Morgan fingerprint density at radius 3 is 2.31 bits per heavy atom. The Bertz CT molecular complexity index is 1110. The van der Waals surface area contributed by atoms with Crippen LogP contribution in [0.15, 0.2) is 12.7 Å². The summed E-state index contributed by atoms with van der Waals surface area (Å²) in [7, 11) is -16.7. The molecular weight excluding hydrogens is 555 g/mol. The van der Waals surface area contributed by atoms with Gasteiger partial charge in [-0.25, -0.2) is 28.6 Å². The number of phosphoric acid groups is 3. The maximum absolute atomic E-state index is 11.8. The molecule has 22 heteroatoms. The molecule has 8 N–H and O–H groups in total. The molecule has 1 aliphatic heterocycles. The van der Waals surface area contributed by atoms with Crippen LogP contribution in [0, 0.1) is 0 Å². The van der Waals surface area contributed by atoms with E-state index in [-0.39, 0.29) is 34.1 Å². The van der Waals surface area contributed by atoms with Crippen molar-refractivity contribution in [3.8, 4) is 0 Å². The van der Waals surface area contributed by atoms with Crippen molar-refractivity contribution in [3.63, 3.8) is 0 Å². The fourth-order valence-corrected chi connectivity index (χ4v) is 5.65. The summed E-state index contributed by atoms with van der Waals surface area (Å²) >= 11 is 0. The van der Waals surface area contributed by atoms with E-state index in [1.54, 1.807) is 0 Å². The van der Waals surface area contributed by atoms with Crippen LogP contribution in [0.4, 0.5) is 5.82 Å². The average molecular weight is 571 g/mol. The number of hydrogen-bond acceptors (Lipinski definition) is 13. The zero-order valence-electron chi connectivity index (χ0n) is 15.2. The summed E-state index contributed by atoms with van der Waals surface area (Å²) < 4.78 is 51.9. The second kappa shape index (κ2) is 9.80. The number of fused-ring (bicyclic) bond motifs is 1. The minimum atomic E-state index is -5.70. The van der Waals surface area contributed by atoms with Gasteiger partial charge in [0, 0.05) is 17.1 Å². The molecule has 0 amide bonds. The molecular formula is C10H16CuN5O13P3. The van der Waals surface area contributed by atoms with Crippen LogP contribution >= 0.6 is 23.5 Å². The zero-order valence-corrected chi connectivity index (χ0v) is 18.8. The van der Waals surface area contributed by atoms with Crippen LogP contribution in [-0.4, -0.2) is 74.2 Å². The monoisotopic (exact) mass is 570 g/mol. The molecule has 3 heterocycles. The topological polar surface area (TPSA) is 279 Å². The number of imidazole rings is 1. The number of aliphatic hydroxyl groups excluding tert-OH is 2. The number of aliphatic hydroxyl groups is 2. The standard InChI is InChI=1S/C10H16N5O13P3.Cu/c11-8-5-9(13-2-12-8)15(3-14-5)10-7(17)6(16)4(26-10)1-25-30(21,22)28-31(23,24)27-29(18,19)20;/h2-4,6-7,10,16-17H,1H2,(H,21,22)(H,23,24)(H2,11,12,13)(H2,18,19,20);/t4-,6?,7?,10-;/m1./s1. The fourth-order valence-electron chi connectivity index (χ4n) is 2.62. The number of ether oxygens (including phenoxy) is 1. The van der Waals surface area contributed by atoms with Crippen molar-refractivity contribution in [2.45, 2.75) is 24.5 Å². The molecule has 185 valence electrons. The number of anilines is 1. The van der Waals surface area contributed by atoms with Gasteiger partial charge in [-0.15, -0.1) is 0 Å². The van der Waals surface area contributed by atoms with E-state index in [9.17, 15) is 28.8 Å².